The number of esters is 4. The second-order valence-electron chi connectivity index (χ2n) is 30.2. The molecule has 0 saturated heterocycles. The van der Waals surface area contributed by atoms with Crippen molar-refractivity contribution < 1.29 is 80.2 Å². The van der Waals surface area contributed by atoms with Crippen LogP contribution >= 0.6 is 15.6 Å². The van der Waals surface area contributed by atoms with Crippen LogP contribution in [0.2, 0.25) is 0 Å². The zero-order valence-electron chi connectivity index (χ0n) is 65.0. The molecule has 0 fully saturated rings. The third-order valence-electron chi connectivity index (χ3n) is 18.6. The molecule has 0 heterocycles. The maximum Gasteiger partial charge on any atom is 0.472 e. The summed E-state index contributed by atoms with van der Waals surface area (Å²) in [5.74, 6) is 0.211. The third-order valence-corrected chi connectivity index (χ3v) is 20.5. The number of aliphatic hydroxyl groups excluding tert-OH is 1. The standard InChI is InChI=1S/C80H156O17P2/c1-8-9-10-11-12-13-14-15-16-21-27-34-42-49-56-63-79(84)97-76(68-91-78(83)62-55-48-41-36-29-32-39-46-53-60-73(6)7)70-95-99(88,89)93-66-74(81)65-92-98(86,87)94-69-75(96-80(85)64-57-50-43-35-28-23-18-20-25-31-38-45-52-59-72(4)5)67-90-77(82)61-54-47-40-33-26-22-17-19-24-30-37-44-51-58-71(2)3/h71-76,81H,8-70H2,1-7H3,(H,86,87)(H,88,89)/t74-,75-,76-/m1/s1. The van der Waals surface area contributed by atoms with E-state index < -0.39 is 97.5 Å². The molecule has 0 aromatic rings. The minimum absolute atomic E-state index is 0.107. The van der Waals surface area contributed by atoms with Gasteiger partial charge in [-0.25, -0.2) is 9.13 Å². The molecule has 3 N–H and O–H groups in total. The molecule has 0 aromatic carbocycles. The summed E-state index contributed by atoms with van der Waals surface area (Å²) in [6.07, 6.45) is 58.1. The van der Waals surface area contributed by atoms with E-state index in [0.29, 0.717) is 25.7 Å². The molecule has 17 nitrogen and oxygen atoms in total. The summed E-state index contributed by atoms with van der Waals surface area (Å²) >= 11 is 0. The van der Waals surface area contributed by atoms with Crippen LogP contribution < -0.4 is 0 Å². The summed E-state index contributed by atoms with van der Waals surface area (Å²) in [6.45, 7) is 12.0. The van der Waals surface area contributed by atoms with Crippen molar-refractivity contribution in [1.82, 2.24) is 0 Å². The van der Waals surface area contributed by atoms with Crippen molar-refractivity contribution in [1.29, 1.82) is 0 Å². The molecule has 0 aromatic heterocycles. The summed E-state index contributed by atoms with van der Waals surface area (Å²) in [5, 5.41) is 10.6. The van der Waals surface area contributed by atoms with Gasteiger partial charge < -0.3 is 33.8 Å². The first-order chi connectivity index (χ1) is 47.7. The number of hydrogen-bond acceptors (Lipinski definition) is 15. The molecule has 0 bridgehead atoms. The molecule has 0 spiro atoms. The van der Waals surface area contributed by atoms with E-state index in [1.54, 1.807) is 0 Å². The Hall–Kier alpha value is -1.94. The summed E-state index contributed by atoms with van der Waals surface area (Å²) in [7, 11) is -9.92. The molecule has 0 saturated carbocycles. The second kappa shape index (κ2) is 70.4. The number of phosphoric acid groups is 2. The highest BCUT2D eigenvalue weighted by molar-refractivity contribution is 7.47. The lowest BCUT2D eigenvalue weighted by Gasteiger charge is -2.21. The summed E-state index contributed by atoms with van der Waals surface area (Å²) < 4.78 is 68.7. The Labute approximate surface area is 607 Å². The molecule has 0 aliphatic carbocycles. The summed E-state index contributed by atoms with van der Waals surface area (Å²) in [4.78, 5) is 73.0. The molecule has 0 rings (SSSR count). The molecule has 0 radical (unpaired) electrons. The largest absolute Gasteiger partial charge is 0.472 e. The molecular weight excluding hydrogens is 1290 g/mol. The van der Waals surface area contributed by atoms with E-state index in [2.05, 4.69) is 48.5 Å². The van der Waals surface area contributed by atoms with Crippen LogP contribution in [0.1, 0.15) is 414 Å². The predicted octanol–water partition coefficient (Wildman–Crippen LogP) is 23.7. The Bertz CT molecular complexity index is 1920. The number of carbonyl (C=O) groups excluding carboxylic acids is 4. The molecular formula is C80H156O17P2. The molecule has 99 heavy (non-hydrogen) atoms. The lowest BCUT2D eigenvalue weighted by Crippen LogP contribution is -2.30. The van der Waals surface area contributed by atoms with Crippen molar-refractivity contribution in [2.75, 3.05) is 39.6 Å². The quantitative estimate of drug-likeness (QED) is 0.0222. The topological polar surface area (TPSA) is 237 Å². The van der Waals surface area contributed by atoms with Gasteiger partial charge in [0.05, 0.1) is 26.4 Å². The van der Waals surface area contributed by atoms with Gasteiger partial charge in [0.15, 0.2) is 12.2 Å². The van der Waals surface area contributed by atoms with Crippen molar-refractivity contribution in [3.05, 3.63) is 0 Å². The maximum absolute atomic E-state index is 13.1. The van der Waals surface area contributed by atoms with Gasteiger partial charge in [0.2, 0.25) is 0 Å². The minimum Gasteiger partial charge on any atom is -0.462 e. The van der Waals surface area contributed by atoms with Crippen LogP contribution in [0.25, 0.3) is 0 Å². The third kappa shape index (κ3) is 74.1. The molecule has 5 atom stereocenters. The van der Waals surface area contributed by atoms with Gasteiger partial charge in [-0.3, -0.25) is 37.3 Å². The SMILES string of the molecule is CCCCCCCCCCCCCCCCCC(=O)O[C@H](COC(=O)CCCCCCCCCCCC(C)C)COP(=O)(O)OC[C@H](O)COP(=O)(O)OC[C@@H](COC(=O)CCCCCCCCCCCCCCCC(C)C)OC(=O)CCCCCCCCCCCCCCCC(C)C. The van der Waals surface area contributed by atoms with Crippen LogP contribution in [-0.4, -0.2) is 96.7 Å². The Morgan fingerprint density at radius 1 is 0.273 bits per heavy atom. The number of unbranched alkanes of at least 4 members (excludes halogenated alkanes) is 46. The van der Waals surface area contributed by atoms with Gasteiger partial charge in [-0.15, -0.1) is 0 Å². The molecule has 588 valence electrons. The van der Waals surface area contributed by atoms with Gasteiger partial charge in [-0.2, -0.15) is 0 Å². The number of hydrogen-bond donors (Lipinski definition) is 3. The lowest BCUT2D eigenvalue weighted by atomic mass is 10.0. The van der Waals surface area contributed by atoms with Crippen LogP contribution in [0, 0.1) is 17.8 Å². The lowest BCUT2D eigenvalue weighted by molar-refractivity contribution is -0.161. The molecule has 19 heteroatoms. The Balaban J connectivity index is 5.27. The molecule has 2 unspecified atom stereocenters. The molecule has 0 aliphatic heterocycles. The monoisotopic (exact) mass is 1450 g/mol. The highest BCUT2D eigenvalue weighted by Crippen LogP contribution is 2.45. The van der Waals surface area contributed by atoms with E-state index in [1.807, 2.05) is 0 Å². The number of phosphoric ester groups is 2. The van der Waals surface area contributed by atoms with E-state index in [9.17, 15) is 43.2 Å². The van der Waals surface area contributed by atoms with Gasteiger partial charge in [0.25, 0.3) is 0 Å². The highest BCUT2D eigenvalue weighted by atomic mass is 31.2. The van der Waals surface area contributed by atoms with Crippen molar-refractivity contribution in [2.24, 2.45) is 17.8 Å². The Morgan fingerprint density at radius 2 is 0.465 bits per heavy atom. The van der Waals surface area contributed by atoms with Crippen molar-refractivity contribution in [3.8, 4) is 0 Å². The van der Waals surface area contributed by atoms with Crippen molar-refractivity contribution >= 4 is 39.5 Å². The highest BCUT2D eigenvalue weighted by Gasteiger charge is 2.30. The van der Waals surface area contributed by atoms with Crippen molar-refractivity contribution in [3.63, 3.8) is 0 Å². The number of carbonyl (C=O) groups is 4. The van der Waals surface area contributed by atoms with Crippen LogP contribution in [0.4, 0.5) is 0 Å². The van der Waals surface area contributed by atoms with Crippen LogP contribution in [0.5, 0.6) is 0 Å². The average Bonchev–Trinajstić information content (AvgIpc) is 1.79. The first-order valence-electron chi connectivity index (χ1n) is 41.3. The second-order valence-corrected chi connectivity index (χ2v) is 33.1. The van der Waals surface area contributed by atoms with E-state index in [4.69, 9.17) is 37.0 Å². The fourth-order valence-electron chi connectivity index (χ4n) is 12.3. The van der Waals surface area contributed by atoms with Gasteiger partial charge in [-0.1, -0.05) is 363 Å². The Kier molecular flexibility index (Phi) is 69.0. The van der Waals surface area contributed by atoms with E-state index in [0.717, 1.165) is 108 Å². The van der Waals surface area contributed by atoms with Gasteiger partial charge in [0.1, 0.15) is 19.3 Å². The zero-order valence-corrected chi connectivity index (χ0v) is 66.8. The summed E-state index contributed by atoms with van der Waals surface area (Å²) in [5.41, 5.74) is 0. The predicted molar refractivity (Wildman–Crippen MR) is 405 cm³/mol. The zero-order chi connectivity index (χ0) is 73.0. The van der Waals surface area contributed by atoms with Crippen molar-refractivity contribution in [2.45, 2.75) is 433 Å². The fraction of sp³-hybridized carbons (Fsp3) is 0.950. The van der Waals surface area contributed by atoms with Gasteiger partial charge in [-0.05, 0) is 43.4 Å². The maximum atomic E-state index is 13.1. The van der Waals surface area contributed by atoms with Crippen LogP contribution in [0.3, 0.4) is 0 Å². The smallest absolute Gasteiger partial charge is 0.462 e. The average molecular weight is 1450 g/mol. The number of rotatable bonds is 78. The van der Waals surface area contributed by atoms with Crippen LogP contribution in [0.15, 0.2) is 0 Å². The van der Waals surface area contributed by atoms with Crippen LogP contribution in [-0.2, 0) is 65.4 Å². The van der Waals surface area contributed by atoms with E-state index >= 15 is 0 Å². The first-order valence-corrected chi connectivity index (χ1v) is 44.3. The minimum atomic E-state index is -4.96. The normalized spacial score (nSPS) is 14.0. The summed E-state index contributed by atoms with van der Waals surface area (Å²) in [6, 6.07) is 0. The van der Waals surface area contributed by atoms with E-state index in [1.165, 1.54) is 225 Å². The molecule has 0 aliphatic rings. The fourth-order valence-corrected chi connectivity index (χ4v) is 13.9. The first kappa shape index (κ1) is 97.1. The Morgan fingerprint density at radius 3 is 0.687 bits per heavy atom. The molecule has 0 amide bonds. The number of ether oxygens (including phenoxy) is 4. The van der Waals surface area contributed by atoms with Gasteiger partial charge >= 0.3 is 39.5 Å². The van der Waals surface area contributed by atoms with Gasteiger partial charge in [0, 0.05) is 25.7 Å². The number of aliphatic hydroxyl groups is 1. The van der Waals surface area contributed by atoms with E-state index in [-0.39, 0.29) is 25.7 Å².